The van der Waals surface area contributed by atoms with Crippen LogP contribution in [-0.2, 0) is 19.0 Å². The van der Waals surface area contributed by atoms with Gasteiger partial charge in [0.15, 0.2) is 17.2 Å². The lowest BCUT2D eigenvalue weighted by atomic mass is 9.86. The lowest BCUT2D eigenvalue weighted by Crippen LogP contribution is -2.09. The van der Waals surface area contributed by atoms with E-state index in [1.165, 1.54) is 12.1 Å². The Kier molecular flexibility index (Phi) is 4.87. The molecule has 9 heteroatoms. The highest BCUT2D eigenvalue weighted by Gasteiger charge is 2.43. The molecule has 0 bridgehead atoms. The first-order valence-corrected chi connectivity index (χ1v) is 9.91. The molecule has 0 saturated carbocycles. The number of aliphatic hydroxyl groups is 2. The maximum Gasteiger partial charge on any atom is 0.422 e. The van der Waals surface area contributed by atoms with Gasteiger partial charge in [-0.2, -0.15) is 13.2 Å². The van der Waals surface area contributed by atoms with Crippen molar-refractivity contribution in [1.29, 1.82) is 0 Å². The van der Waals surface area contributed by atoms with Crippen molar-refractivity contribution in [1.82, 2.24) is 10.3 Å². The summed E-state index contributed by atoms with van der Waals surface area (Å²) in [5.41, 5.74) is 1.90. The summed E-state index contributed by atoms with van der Waals surface area (Å²) in [7, 11) is 0. The van der Waals surface area contributed by atoms with Crippen LogP contribution in [0.4, 0.5) is 13.2 Å². The molecule has 1 aliphatic rings. The van der Waals surface area contributed by atoms with Gasteiger partial charge < -0.3 is 19.3 Å². The highest BCUT2D eigenvalue weighted by molar-refractivity contribution is 5.79. The minimum absolute atomic E-state index is 0.0663. The fourth-order valence-electron chi connectivity index (χ4n) is 4.06. The van der Waals surface area contributed by atoms with Gasteiger partial charge in [-0.25, -0.2) is 0 Å². The minimum Gasteiger partial charge on any atom is -0.393 e. The monoisotopic (exact) mass is 442 g/mol. The Labute approximate surface area is 179 Å². The van der Waals surface area contributed by atoms with E-state index in [-0.39, 0.29) is 17.1 Å². The third kappa shape index (κ3) is 3.30. The predicted molar refractivity (Wildman–Crippen MR) is 107 cm³/mol. The average Bonchev–Trinajstić information content (AvgIpc) is 3.43. The second kappa shape index (κ2) is 7.61. The lowest BCUT2D eigenvalue weighted by Gasteiger charge is -2.17. The molecule has 5 rings (SSSR count). The van der Waals surface area contributed by atoms with Crippen LogP contribution < -0.4 is 0 Å². The number of halogens is 3. The largest absolute Gasteiger partial charge is 0.422 e. The Hall–Kier alpha value is -3.43. The van der Waals surface area contributed by atoms with Crippen molar-refractivity contribution in [2.24, 2.45) is 0 Å². The molecule has 0 amide bonds. The van der Waals surface area contributed by atoms with Crippen molar-refractivity contribution in [3.63, 3.8) is 0 Å². The van der Waals surface area contributed by atoms with Crippen LogP contribution in [0.1, 0.15) is 28.4 Å². The first-order valence-electron chi connectivity index (χ1n) is 9.91. The van der Waals surface area contributed by atoms with E-state index < -0.39 is 30.1 Å². The van der Waals surface area contributed by atoms with E-state index >= 15 is 0 Å². The molecule has 2 N–H and O–H groups in total. The number of nitrogens with zero attached hydrogens (tertiary/aromatic N) is 2. The molecular weight excluding hydrogens is 425 g/mol. The van der Waals surface area contributed by atoms with Gasteiger partial charge in [-0.15, -0.1) is 0 Å². The average molecular weight is 442 g/mol. The number of fused-ring (bicyclic) bond motifs is 3. The summed E-state index contributed by atoms with van der Waals surface area (Å²) in [6, 6.07) is 13.1. The zero-order valence-electron chi connectivity index (χ0n) is 16.6. The van der Waals surface area contributed by atoms with E-state index in [2.05, 4.69) is 10.3 Å². The molecule has 2 aromatic heterocycles. The van der Waals surface area contributed by atoms with Gasteiger partial charge in [0.25, 0.3) is 0 Å². The van der Waals surface area contributed by atoms with Gasteiger partial charge in [0.1, 0.15) is 17.4 Å². The molecule has 1 unspecified atom stereocenters. The van der Waals surface area contributed by atoms with Crippen LogP contribution in [0.3, 0.4) is 0 Å². The molecule has 164 valence electrons. The zero-order chi connectivity index (χ0) is 22.5. The fraction of sp³-hybridized carbons (Fsp3) is 0.217. The maximum atomic E-state index is 14.0. The van der Waals surface area contributed by atoms with Gasteiger partial charge in [-0.05, 0) is 24.0 Å². The summed E-state index contributed by atoms with van der Waals surface area (Å²) >= 11 is 0. The molecule has 0 fully saturated rings. The first kappa shape index (κ1) is 20.5. The van der Waals surface area contributed by atoms with Crippen molar-refractivity contribution in [2.75, 3.05) is 6.61 Å². The highest BCUT2D eigenvalue weighted by Crippen LogP contribution is 2.46. The third-order valence-corrected chi connectivity index (χ3v) is 5.60. The maximum absolute atomic E-state index is 14.0. The molecule has 0 radical (unpaired) electrons. The van der Waals surface area contributed by atoms with Crippen LogP contribution in [0.15, 0.2) is 57.6 Å². The van der Waals surface area contributed by atoms with E-state index in [1.807, 2.05) is 0 Å². The standard InChI is InChI=1S/C23H17F3N2O4/c24-23(25,26)18-20(28-31-21(18)12-4-2-1-3-5-12)22-16-9-6-13-10-14(17(30)11-29)7-8-15(13)19(16)27-32-22/h1-5,7-8,10,17,29-30H,6,9,11H2. The highest BCUT2D eigenvalue weighted by atomic mass is 19.4. The molecule has 0 saturated heterocycles. The first-order chi connectivity index (χ1) is 15.4. The van der Waals surface area contributed by atoms with Crippen molar-refractivity contribution >= 4 is 0 Å². The van der Waals surface area contributed by atoms with Crippen LogP contribution in [0.25, 0.3) is 34.0 Å². The van der Waals surface area contributed by atoms with Gasteiger partial charge in [0.2, 0.25) is 0 Å². The Bertz CT molecular complexity index is 1280. The summed E-state index contributed by atoms with van der Waals surface area (Å²) in [4.78, 5) is 0. The van der Waals surface area contributed by atoms with E-state index in [0.717, 1.165) is 5.56 Å². The third-order valence-electron chi connectivity index (χ3n) is 5.60. The van der Waals surface area contributed by atoms with Crippen LogP contribution in [0.5, 0.6) is 0 Å². The van der Waals surface area contributed by atoms with Crippen molar-refractivity contribution in [3.8, 4) is 34.0 Å². The SMILES string of the molecule is OCC(O)c1ccc2c(c1)CCc1c-2noc1-c1noc(-c2ccccc2)c1C(F)(F)F. The predicted octanol–water partition coefficient (Wildman–Crippen LogP) is 4.81. The number of alkyl halides is 3. The summed E-state index contributed by atoms with van der Waals surface area (Å²) in [5.74, 6) is -0.444. The number of aryl methyl sites for hydroxylation is 1. The Morgan fingerprint density at radius 1 is 0.938 bits per heavy atom. The molecule has 2 heterocycles. The topological polar surface area (TPSA) is 92.5 Å². The van der Waals surface area contributed by atoms with Gasteiger partial charge in [-0.3, -0.25) is 0 Å². The second-order valence-corrected chi connectivity index (χ2v) is 7.55. The smallest absolute Gasteiger partial charge is 0.393 e. The van der Waals surface area contributed by atoms with E-state index in [9.17, 15) is 23.4 Å². The van der Waals surface area contributed by atoms with Crippen molar-refractivity contribution < 1.29 is 32.4 Å². The number of aromatic nitrogens is 2. The van der Waals surface area contributed by atoms with Crippen molar-refractivity contribution in [3.05, 3.63) is 70.8 Å². The molecule has 0 spiro atoms. The van der Waals surface area contributed by atoms with Gasteiger partial charge in [0, 0.05) is 16.7 Å². The van der Waals surface area contributed by atoms with E-state index in [0.29, 0.717) is 35.2 Å². The number of benzene rings is 2. The minimum atomic E-state index is -4.72. The second-order valence-electron chi connectivity index (χ2n) is 7.55. The van der Waals surface area contributed by atoms with Crippen LogP contribution >= 0.6 is 0 Å². The van der Waals surface area contributed by atoms with Crippen LogP contribution in [0.2, 0.25) is 0 Å². The number of hydrogen-bond donors (Lipinski definition) is 2. The normalized spacial score (nSPS) is 14.2. The van der Waals surface area contributed by atoms with Gasteiger partial charge in [0.05, 0.1) is 6.61 Å². The summed E-state index contributed by atoms with van der Waals surface area (Å²) in [6.45, 7) is -0.408. The van der Waals surface area contributed by atoms with Crippen molar-refractivity contribution in [2.45, 2.75) is 25.1 Å². The van der Waals surface area contributed by atoms with Gasteiger partial charge in [-0.1, -0.05) is 58.8 Å². The number of aliphatic hydroxyl groups excluding tert-OH is 2. The number of rotatable bonds is 4. The van der Waals surface area contributed by atoms with E-state index in [4.69, 9.17) is 9.05 Å². The Morgan fingerprint density at radius 3 is 2.38 bits per heavy atom. The summed E-state index contributed by atoms with van der Waals surface area (Å²) < 4.78 is 52.6. The Morgan fingerprint density at radius 2 is 1.66 bits per heavy atom. The molecule has 1 atom stereocenters. The quantitative estimate of drug-likeness (QED) is 0.471. The molecular formula is C23H17F3N2O4. The van der Waals surface area contributed by atoms with E-state index in [1.54, 1.807) is 36.4 Å². The zero-order valence-corrected chi connectivity index (χ0v) is 16.6. The number of hydrogen-bond acceptors (Lipinski definition) is 6. The molecule has 0 aliphatic heterocycles. The molecule has 4 aromatic rings. The molecule has 1 aliphatic carbocycles. The summed E-state index contributed by atoms with van der Waals surface area (Å²) in [6.07, 6.45) is -4.84. The van der Waals surface area contributed by atoms with Crippen LogP contribution in [0, 0.1) is 0 Å². The molecule has 32 heavy (non-hydrogen) atoms. The van der Waals surface area contributed by atoms with Gasteiger partial charge >= 0.3 is 6.18 Å². The molecule has 6 nitrogen and oxygen atoms in total. The Balaban J connectivity index is 1.63. The summed E-state index contributed by atoms with van der Waals surface area (Å²) in [5, 5.41) is 26.8. The lowest BCUT2D eigenvalue weighted by molar-refractivity contribution is -0.136. The fourth-order valence-corrected chi connectivity index (χ4v) is 4.06. The molecule has 2 aromatic carbocycles. The van der Waals surface area contributed by atoms with Crippen LogP contribution in [-0.4, -0.2) is 27.1 Å².